The van der Waals surface area contributed by atoms with Crippen molar-refractivity contribution < 1.29 is 14.3 Å². The maximum Gasteiger partial charge on any atom is 0.259 e. The number of rotatable bonds is 6. The van der Waals surface area contributed by atoms with Crippen molar-refractivity contribution in [1.82, 2.24) is 14.8 Å². The van der Waals surface area contributed by atoms with Gasteiger partial charge in [-0.25, -0.2) is 0 Å². The van der Waals surface area contributed by atoms with Crippen LogP contribution in [0.15, 0.2) is 17.2 Å². The lowest BCUT2D eigenvalue weighted by molar-refractivity contribution is 0.0633. The molecule has 0 spiro atoms. The van der Waals surface area contributed by atoms with Crippen LogP contribution in [0.1, 0.15) is 91.8 Å². The molecule has 7 heteroatoms. The quantitative estimate of drug-likeness (QED) is 0.749. The van der Waals surface area contributed by atoms with E-state index in [9.17, 15) is 14.4 Å². The van der Waals surface area contributed by atoms with Crippen molar-refractivity contribution in [1.29, 1.82) is 0 Å². The third-order valence-electron chi connectivity index (χ3n) is 6.61. The number of ether oxygens (including phenoxy) is 1. The smallest absolute Gasteiger partial charge is 0.259 e. The fourth-order valence-electron chi connectivity index (χ4n) is 4.69. The summed E-state index contributed by atoms with van der Waals surface area (Å²) >= 11 is 0. The Morgan fingerprint density at radius 3 is 2.32 bits per heavy atom. The van der Waals surface area contributed by atoms with Crippen molar-refractivity contribution >= 4 is 11.8 Å². The summed E-state index contributed by atoms with van der Waals surface area (Å²) in [5, 5.41) is 3.07. The zero-order valence-corrected chi connectivity index (χ0v) is 19.0. The Morgan fingerprint density at radius 2 is 1.65 bits per heavy atom. The van der Waals surface area contributed by atoms with Crippen LogP contribution in [0.4, 0.5) is 0 Å². The molecule has 1 aromatic rings. The number of carbonyl (C=O) groups excluding carboxylic acids is 2. The summed E-state index contributed by atoms with van der Waals surface area (Å²) in [6.45, 7) is 3.57. The van der Waals surface area contributed by atoms with Crippen LogP contribution < -0.4 is 10.7 Å². The molecule has 2 amide bonds. The summed E-state index contributed by atoms with van der Waals surface area (Å²) in [5.41, 5.74) is -0.344. The second-order valence-corrected chi connectivity index (χ2v) is 9.00. The van der Waals surface area contributed by atoms with Crippen molar-refractivity contribution in [2.24, 2.45) is 0 Å². The minimum absolute atomic E-state index is 0.0497. The third-order valence-corrected chi connectivity index (χ3v) is 6.61. The van der Waals surface area contributed by atoms with E-state index >= 15 is 0 Å². The van der Waals surface area contributed by atoms with Crippen molar-refractivity contribution in [2.45, 2.75) is 89.8 Å². The first-order valence-corrected chi connectivity index (χ1v) is 11.9. The molecule has 1 N–H and O–H groups in total. The van der Waals surface area contributed by atoms with Crippen molar-refractivity contribution in [3.05, 3.63) is 33.7 Å². The van der Waals surface area contributed by atoms with Gasteiger partial charge in [-0.2, -0.15) is 0 Å². The van der Waals surface area contributed by atoms with E-state index in [-0.39, 0.29) is 35.0 Å². The van der Waals surface area contributed by atoms with Gasteiger partial charge in [-0.1, -0.05) is 32.1 Å². The standard InChI is InChI=1S/C24H37N3O4/c1-18-10-8-9-13-27(18)24(30)21-17-26(14-15-31-2)16-20(22(21)28)23(29)25-19-11-6-4-3-5-7-12-19/h16-19H,3-15H2,1-2H3,(H,25,29)/t18-/m1/s1. The summed E-state index contributed by atoms with van der Waals surface area (Å²) in [6, 6.07) is 0.182. The Kier molecular flexibility index (Phi) is 8.69. The minimum atomic E-state index is -0.472. The Labute approximate surface area is 185 Å². The SMILES string of the molecule is COCCn1cc(C(=O)NC2CCCCCCC2)c(=O)c(C(=O)N2CCCC[C@H]2C)c1. The molecule has 1 atom stereocenters. The number of hydrogen-bond donors (Lipinski definition) is 1. The molecule has 1 aliphatic carbocycles. The van der Waals surface area contributed by atoms with Gasteiger partial charge in [0.15, 0.2) is 0 Å². The predicted molar refractivity (Wildman–Crippen MR) is 121 cm³/mol. The molecule has 3 rings (SSSR count). The molecule has 7 nitrogen and oxygen atoms in total. The monoisotopic (exact) mass is 431 g/mol. The molecule has 2 fully saturated rings. The summed E-state index contributed by atoms with van der Waals surface area (Å²) < 4.78 is 6.90. The number of likely N-dealkylation sites (tertiary alicyclic amines) is 1. The average molecular weight is 432 g/mol. The largest absolute Gasteiger partial charge is 0.383 e. The maximum atomic E-state index is 13.3. The second-order valence-electron chi connectivity index (χ2n) is 9.00. The second kappa shape index (κ2) is 11.5. The molecule has 1 aliphatic heterocycles. The van der Waals surface area contributed by atoms with Gasteiger partial charge in [-0.05, 0) is 39.0 Å². The number of pyridine rings is 1. The number of hydrogen-bond acceptors (Lipinski definition) is 4. The zero-order chi connectivity index (χ0) is 22.2. The molecule has 0 unspecified atom stereocenters. The maximum absolute atomic E-state index is 13.3. The van der Waals surface area contributed by atoms with E-state index in [1.165, 1.54) is 19.3 Å². The number of amides is 2. The lowest BCUT2D eigenvalue weighted by atomic mass is 9.96. The number of nitrogens with one attached hydrogen (secondary N) is 1. The normalized spacial score (nSPS) is 20.7. The van der Waals surface area contributed by atoms with E-state index in [4.69, 9.17) is 4.74 Å². The van der Waals surface area contributed by atoms with Gasteiger partial charge in [-0.3, -0.25) is 14.4 Å². The molecule has 31 heavy (non-hydrogen) atoms. The van der Waals surface area contributed by atoms with E-state index in [0.29, 0.717) is 19.7 Å². The van der Waals surface area contributed by atoms with Crippen LogP contribution in [0.25, 0.3) is 0 Å². The molecule has 1 aromatic heterocycles. The zero-order valence-electron chi connectivity index (χ0n) is 19.0. The van der Waals surface area contributed by atoms with Crippen LogP contribution in [0.5, 0.6) is 0 Å². The summed E-state index contributed by atoms with van der Waals surface area (Å²) in [4.78, 5) is 41.4. The van der Waals surface area contributed by atoms with Crippen LogP contribution >= 0.6 is 0 Å². The van der Waals surface area contributed by atoms with Gasteiger partial charge >= 0.3 is 0 Å². The van der Waals surface area contributed by atoms with E-state index in [1.54, 1.807) is 29.0 Å². The van der Waals surface area contributed by atoms with Gasteiger partial charge in [0.05, 0.1) is 6.61 Å². The van der Waals surface area contributed by atoms with E-state index < -0.39 is 5.43 Å². The van der Waals surface area contributed by atoms with E-state index in [2.05, 4.69) is 5.32 Å². The topological polar surface area (TPSA) is 80.6 Å². The fourth-order valence-corrected chi connectivity index (χ4v) is 4.69. The lowest BCUT2D eigenvalue weighted by Gasteiger charge is -2.33. The Bertz CT molecular complexity index is 812. The van der Waals surface area contributed by atoms with Crippen molar-refractivity contribution in [3.8, 4) is 0 Å². The summed E-state index contributed by atoms with van der Waals surface area (Å²) in [7, 11) is 1.60. The van der Waals surface area contributed by atoms with Crippen LogP contribution in [-0.2, 0) is 11.3 Å². The third kappa shape index (κ3) is 6.19. The highest BCUT2D eigenvalue weighted by molar-refractivity contribution is 5.99. The molecule has 0 radical (unpaired) electrons. The van der Waals surface area contributed by atoms with Gasteiger partial charge in [-0.15, -0.1) is 0 Å². The molecule has 1 saturated carbocycles. The number of piperidine rings is 1. The molecular weight excluding hydrogens is 394 g/mol. The molecule has 172 valence electrons. The van der Waals surface area contributed by atoms with Crippen LogP contribution in [0.3, 0.4) is 0 Å². The van der Waals surface area contributed by atoms with Crippen LogP contribution in [0.2, 0.25) is 0 Å². The Morgan fingerprint density at radius 1 is 1.00 bits per heavy atom. The van der Waals surface area contributed by atoms with Gasteiger partial charge in [0.2, 0.25) is 5.43 Å². The summed E-state index contributed by atoms with van der Waals surface area (Å²) in [6.07, 6.45) is 13.8. The van der Waals surface area contributed by atoms with Crippen LogP contribution in [0, 0.1) is 0 Å². The minimum Gasteiger partial charge on any atom is -0.383 e. The van der Waals surface area contributed by atoms with Crippen molar-refractivity contribution in [3.63, 3.8) is 0 Å². The molecule has 0 aromatic carbocycles. The van der Waals surface area contributed by atoms with Gasteiger partial charge in [0.1, 0.15) is 11.1 Å². The molecule has 1 saturated heterocycles. The highest BCUT2D eigenvalue weighted by Crippen LogP contribution is 2.19. The first-order valence-electron chi connectivity index (χ1n) is 11.9. The van der Waals surface area contributed by atoms with Gasteiger partial charge in [0.25, 0.3) is 11.8 Å². The number of aromatic nitrogens is 1. The van der Waals surface area contributed by atoms with Crippen molar-refractivity contribution in [2.75, 3.05) is 20.3 Å². The fraction of sp³-hybridized carbons (Fsp3) is 0.708. The van der Waals surface area contributed by atoms with Gasteiger partial charge in [0, 0.05) is 44.7 Å². The van der Waals surface area contributed by atoms with E-state index in [1.807, 2.05) is 6.92 Å². The Balaban J connectivity index is 1.87. The first-order chi connectivity index (χ1) is 15.0. The van der Waals surface area contributed by atoms with Crippen LogP contribution in [-0.4, -0.2) is 53.6 Å². The summed E-state index contributed by atoms with van der Waals surface area (Å²) in [5.74, 6) is -0.646. The Hall–Kier alpha value is -2.15. The lowest BCUT2D eigenvalue weighted by Crippen LogP contribution is -2.45. The van der Waals surface area contributed by atoms with Gasteiger partial charge < -0.3 is 19.5 Å². The number of nitrogens with zero attached hydrogens (tertiary/aromatic N) is 2. The molecular formula is C24H37N3O4. The van der Waals surface area contributed by atoms with E-state index in [0.717, 1.165) is 44.9 Å². The highest BCUT2D eigenvalue weighted by Gasteiger charge is 2.28. The molecule has 2 heterocycles. The predicted octanol–water partition coefficient (Wildman–Crippen LogP) is 3.35. The first kappa shape index (κ1) is 23.5. The average Bonchev–Trinajstić information content (AvgIpc) is 2.74. The molecule has 2 aliphatic rings. The number of carbonyl (C=O) groups is 2. The molecule has 0 bridgehead atoms. The highest BCUT2D eigenvalue weighted by atomic mass is 16.5. The number of methoxy groups -OCH3 is 1.